The van der Waals surface area contributed by atoms with Crippen LogP contribution in [-0.2, 0) is 6.61 Å². The zero-order valence-electron chi connectivity index (χ0n) is 15.3. The first-order chi connectivity index (χ1) is 13.0. The van der Waals surface area contributed by atoms with Crippen LogP contribution >= 0.6 is 0 Å². The van der Waals surface area contributed by atoms with E-state index in [9.17, 15) is 9.18 Å². The molecule has 0 heterocycles. The molecular formula is C22H21FN2O2. The van der Waals surface area contributed by atoms with E-state index in [1.165, 1.54) is 12.1 Å². The lowest BCUT2D eigenvalue weighted by Crippen LogP contribution is -2.13. The molecule has 1 N–H and O–H groups in total. The number of carbonyl (C=O) groups excluding carboxylic acids is 1. The Bertz CT molecular complexity index is 924. The molecule has 0 aliphatic rings. The highest BCUT2D eigenvalue weighted by molar-refractivity contribution is 6.04. The molecule has 0 saturated carbocycles. The van der Waals surface area contributed by atoms with Gasteiger partial charge in [0, 0.05) is 37.1 Å². The van der Waals surface area contributed by atoms with Gasteiger partial charge in [-0.2, -0.15) is 0 Å². The van der Waals surface area contributed by atoms with E-state index in [-0.39, 0.29) is 18.3 Å². The SMILES string of the molecule is CN(C)c1ccc(C(=O)Nc2cccc(COc3cccc(F)c3)c2)cc1. The molecule has 0 saturated heterocycles. The Morgan fingerprint density at radius 1 is 1.00 bits per heavy atom. The van der Waals surface area contributed by atoms with Crippen LogP contribution in [0.2, 0.25) is 0 Å². The van der Waals surface area contributed by atoms with Crippen molar-refractivity contribution in [1.82, 2.24) is 0 Å². The average Bonchev–Trinajstić information content (AvgIpc) is 2.67. The van der Waals surface area contributed by atoms with Crippen molar-refractivity contribution >= 4 is 17.3 Å². The van der Waals surface area contributed by atoms with Gasteiger partial charge in [0.1, 0.15) is 18.2 Å². The van der Waals surface area contributed by atoms with Gasteiger partial charge < -0.3 is 15.0 Å². The van der Waals surface area contributed by atoms with Gasteiger partial charge in [-0.25, -0.2) is 4.39 Å². The average molecular weight is 364 g/mol. The number of hydrogen-bond acceptors (Lipinski definition) is 3. The van der Waals surface area contributed by atoms with Crippen LogP contribution in [0.3, 0.4) is 0 Å². The van der Waals surface area contributed by atoms with Crippen molar-refractivity contribution in [2.75, 3.05) is 24.3 Å². The molecule has 0 aliphatic heterocycles. The summed E-state index contributed by atoms with van der Waals surface area (Å²) >= 11 is 0. The van der Waals surface area contributed by atoms with Crippen LogP contribution in [0.4, 0.5) is 15.8 Å². The maximum absolute atomic E-state index is 13.2. The van der Waals surface area contributed by atoms with E-state index in [0.717, 1.165) is 11.3 Å². The van der Waals surface area contributed by atoms with Gasteiger partial charge in [-0.3, -0.25) is 4.79 Å². The number of carbonyl (C=O) groups is 1. The third kappa shape index (κ3) is 5.07. The maximum Gasteiger partial charge on any atom is 0.255 e. The molecule has 4 nitrogen and oxygen atoms in total. The molecule has 27 heavy (non-hydrogen) atoms. The van der Waals surface area contributed by atoms with E-state index in [2.05, 4.69) is 5.32 Å². The van der Waals surface area contributed by atoms with Crippen molar-refractivity contribution in [3.05, 3.63) is 89.7 Å². The van der Waals surface area contributed by atoms with E-state index in [1.807, 2.05) is 55.4 Å². The molecule has 0 fully saturated rings. The lowest BCUT2D eigenvalue weighted by atomic mass is 10.1. The Balaban J connectivity index is 1.63. The molecule has 0 bridgehead atoms. The molecule has 3 aromatic carbocycles. The van der Waals surface area contributed by atoms with Gasteiger partial charge in [0.15, 0.2) is 0 Å². The van der Waals surface area contributed by atoms with Crippen molar-refractivity contribution in [3.63, 3.8) is 0 Å². The summed E-state index contributed by atoms with van der Waals surface area (Å²) in [5, 5.41) is 2.89. The van der Waals surface area contributed by atoms with Crippen LogP contribution in [0.5, 0.6) is 5.75 Å². The van der Waals surface area contributed by atoms with Crippen molar-refractivity contribution in [2.24, 2.45) is 0 Å². The quantitative estimate of drug-likeness (QED) is 0.688. The van der Waals surface area contributed by atoms with Gasteiger partial charge in [-0.05, 0) is 54.1 Å². The molecule has 0 spiro atoms. The number of amides is 1. The van der Waals surface area contributed by atoms with Gasteiger partial charge in [-0.15, -0.1) is 0 Å². The molecule has 3 rings (SSSR count). The Kier molecular flexibility index (Phi) is 5.71. The van der Waals surface area contributed by atoms with Crippen LogP contribution in [-0.4, -0.2) is 20.0 Å². The highest BCUT2D eigenvalue weighted by Gasteiger charge is 2.07. The molecular weight excluding hydrogens is 343 g/mol. The number of hydrogen-bond donors (Lipinski definition) is 1. The Hall–Kier alpha value is -3.34. The van der Waals surface area contributed by atoms with Crippen molar-refractivity contribution in [2.45, 2.75) is 6.61 Å². The standard InChI is InChI=1S/C22H21FN2O2/c1-25(2)20-11-9-17(10-12-20)22(26)24-19-7-3-5-16(13-19)15-27-21-8-4-6-18(23)14-21/h3-14H,15H2,1-2H3,(H,24,26). The number of nitrogens with one attached hydrogen (secondary N) is 1. The summed E-state index contributed by atoms with van der Waals surface area (Å²) in [6, 6.07) is 20.8. The molecule has 138 valence electrons. The zero-order chi connectivity index (χ0) is 19.2. The Morgan fingerprint density at radius 3 is 2.44 bits per heavy atom. The molecule has 5 heteroatoms. The second kappa shape index (κ2) is 8.36. The molecule has 0 aliphatic carbocycles. The van der Waals surface area contributed by atoms with Crippen LogP contribution in [0.25, 0.3) is 0 Å². The van der Waals surface area contributed by atoms with E-state index in [0.29, 0.717) is 17.0 Å². The summed E-state index contributed by atoms with van der Waals surface area (Å²) in [7, 11) is 3.90. The van der Waals surface area contributed by atoms with E-state index in [1.54, 1.807) is 24.3 Å². The lowest BCUT2D eigenvalue weighted by Gasteiger charge is -2.13. The molecule has 0 radical (unpaired) electrons. The largest absolute Gasteiger partial charge is 0.489 e. The number of halogens is 1. The van der Waals surface area contributed by atoms with E-state index >= 15 is 0 Å². The zero-order valence-corrected chi connectivity index (χ0v) is 15.3. The Labute approximate surface area is 158 Å². The van der Waals surface area contributed by atoms with Gasteiger partial charge in [0.05, 0.1) is 0 Å². The monoisotopic (exact) mass is 364 g/mol. The molecule has 3 aromatic rings. The summed E-state index contributed by atoms with van der Waals surface area (Å²) < 4.78 is 18.8. The minimum absolute atomic E-state index is 0.177. The first-order valence-corrected chi connectivity index (χ1v) is 8.57. The first-order valence-electron chi connectivity index (χ1n) is 8.57. The highest BCUT2D eigenvalue weighted by atomic mass is 19.1. The smallest absolute Gasteiger partial charge is 0.255 e. The van der Waals surface area contributed by atoms with Gasteiger partial charge >= 0.3 is 0 Å². The number of benzene rings is 3. The summed E-state index contributed by atoms with van der Waals surface area (Å²) in [6.45, 7) is 0.282. The predicted octanol–water partition coefficient (Wildman–Crippen LogP) is 4.72. The van der Waals surface area contributed by atoms with Gasteiger partial charge in [0.25, 0.3) is 5.91 Å². The molecule has 0 unspecified atom stereocenters. The highest BCUT2D eigenvalue weighted by Crippen LogP contribution is 2.18. The molecule has 1 amide bonds. The van der Waals surface area contributed by atoms with Gasteiger partial charge in [-0.1, -0.05) is 18.2 Å². The number of ether oxygens (including phenoxy) is 1. The van der Waals surface area contributed by atoms with Gasteiger partial charge in [0.2, 0.25) is 0 Å². The second-order valence-electron chi connectivity index (χ2n) is 6.34. The fourth-order valence-electron chi connectivity index (χ4n) is 2.58. The van der Waals surface area contributed by atoms with Crippen molar-refractivity contribution in [1.29, 1.82) is 0 Å². The fourth-order valence-corrected chi connectivity index (χ4v) is 2.58. The topological polar surface area (TPSA) is 41.6 Å². The molecule has 0 aromatic heterocycles. The minimum Gasteiger partial charge on any atom is -0.489 e. The van der Waals surface area contributed by atoms with Crippen molar-refractivity contribution < 1.29 is 13.9 Å². The fraction of sp³-hybridized carbons (Fsp3) is 0.136. The maximum atomic E-state index is 13.2. The van der Waals surface area contributed by atoms with Crippen LogP contribution in [0.1, 0.15) is 15.9 Å². The molecule has 0 atom stereocenters. The number of anilines is 2. The predicted molar refractivity (Wildman–Crippen MR) is 106 cm³/mol. The van der Waals surface area contributed by atoms with Crippen LogP contribution in [0.15, 0.2) is 72.8 Å². The van der Waals surface area contributed by atoms with Crippen LogP contribution in [0, 0.1) is 5.82 Å². The Morgan fingerprint density at radius 2 is 1.74 bits per heavy atom. The second-order valence-corrected chi connectivity index (χ2v) is 6.34. The lowest BCUT2D eigenvalue weighted by molar-refractivity contribution is 0.102. The van der Waals surface area contributed by atoms with E-state index < -0.39 is 0 Å². The third-order valence-corrected chi connectivity index (χ3v) is 4.03. The number of nitrogens with zero attached hydrogens (tertiary/aromatic N) is 1. The third-order valence-electron chi connectivity index (χ3n) is 4.03. The number of rotatable bonds is 6. The summed E-state index contributed by atoms with van der Waals surface area (Å²) in [4.78, 5) is 14.4. The van der Waals surface area contributed by atoms with Crippen LogP contribution < -0.4 is 15.0 Å². The summed E-state index contributed by atoms with van der Waals surface area (Å²) in [5.74, 6) is -0.0530. The van der Waals surface area contributed by atoms with E-state index in [4.69, 9.17) is 4.74 Å². The van der Waals surface area contributed by atoms with Crippen molar-refractivity contribution in [3.8, 4) is 5.75 Å². The first kappa shape index (κ1) is 18.5. The summed E-state index contributed by atoms with van der Waals surface area (Å²) in [6.07, 6.45) is 0. The summed E-state index contributed by atoms with van der Waals surface area (Å²) in [5.41, 5.74) is 3.17. The normalized spacial score (nSPS) is 10.3. The minimum atomic E-state index is -0.339.